The Morgan fingerprint density at radius 3 is 2.26 bits per heavy atom. The molecule has 0 radical (unpaired) electrons. The quantitative estimate of drug-likeness (QED) is 0.834. The first kappa shape index (κ1) is 17.7. The Morgan fingerprint density at radius 2 is 1.67 bits per heavy atom. The van der Waals surface area contributed by atoms with E-state index in [1.165, 1.54) is 38.5 Å². The van der Waals surface area contributed by atoms with Gasteiger partial charge >= 0.3 is 6.03 Å². The number of nitrogens with one attached hydrogen (secondary N) is 1. The molecule has 0 unspecified atom stereocenters. The van der Waals surface area contributed by atoms with Gasteiger partial charge < -0.3 is 15.1 Å². The summed E-state index contributed by atoms with van der Waals surface area (Å²) in [4.78, 5) is 17.1. The number of nitrogens with zero attached hydrogens (tertiary/aromatic N) is 2. The largest absolute Gasteiger partial charge is 0.368 e. The summed E-state index contributed by atoms with van der Waals surface area (Å²) < 4.78 is 0. The Morgan fingerprint density at radius 1 is 1.04 bits per heavy atom. The van der Waals surface area contributed by atoms with Gasteiger partial charge in [0, 0.05) is 43.4 Å². The number of halogens is 1. The zero-order chi connectivity index (χ0) is 18.4. The summed E-state index contributed by atoms with van der Waals surface area (Å²) in [5, 5.41) is 4.09. The van der Waals surface area contributed by atoms with Gasteiger partial charge in [0.05, 0.1) is 0 Å². The van der Waals surface area contributed by atoms with E-state index in [9.17, 15) is 4.79 Å². The monoisotopic (exact) mass is 387 g/mol. The summed E-state index contributed by atoms with van der Waals surface area (Å²) in [7, 11) is 0. The van der Waals surface area contributed by atoms with Crippen LogP contribution in [0.15, 0.2) is 24.3 Å². The molecule has 0 atom stereocenters. The first-order valence-electron chi connectivity index (χ1n) is 10.6. The number of anilines is 1. The standard InChI is InChI=1S/C22H30ClN3O/c23-19-2-1-3-20(11-19)25-4-6-26(7-5-25)21(27)24-15-22-12-16-8-17(13-22)10-18(9-16)14-22/h1-3,11,16-18H,4-10,12-15H2,(H,24,27). The first-order valence-corrected chi connectivity index (χ1v) is 11.0. The molecule has 1 heterocycles. The summed E-state index contributed by atoms with van der Waals surface area (Å²) in [6.07, 6.45) is 8.42. The Kier molecular flexibility index (Phi) is 4.50. The third-order valence-corrected chi connectivity index (χ3v) is 7.76. The maximum atomic E-state index is 12.8. The molecule has 4 saturated carbocycles. The Labute approximate surface area is 167 Å². The fourth-order valence-corrected chi connectivity index (χ4v) is 6.91. The van der Waals surface area contributed by atoms with E-state index in [1.54, 1.807) is 0 Å². The van der Waals surface area contributed by atoms with Gasteiger partial charge in [-0.1, -0.05) is 17.7 Å². The minimum Gasteiger partial charge on any atom is -0.368 e. The average molecular weight is 388 g/mol. The number of urea groups is 1. The number of benzene rings is 1. The molecule has 1 aromatic carbocycles. The van der Waals surface area contributed by atoms with E-state index in [4.69, 9.17) is 11.6 Å². The number of amides is 2. The van der Waals surface area contributed by atoms with Crippen LogP contribution in [-0.2, 0) is 0 Å². The fourth-order valence-electron chi connectivity index (χ4n) is 6.72. The van der Waals surface area contributed by atoms with Crippen LogP contribution in [0, 0.1) is 23.2 Å². The molecule has 1 N–H and O–H groups in total. The number of carbonyl (C=O) groups is 1. The summed E-state index contributed by atoms with van der Waals surface area (Å²) in [6.45, 7) is 4.18. The molecule has 2 amide bonds. The second-order valence-corrected chi connectivity index (χ2v) is 9.97. The highest BCUT2D eigenvalue weighted by molar-refractivity contribution is 6.30. The molecular formula is C22H30ClN3O. The van der Waals surface area contributed by atoms with Crippen LogP contribution >= 0.6 is 11.6 Å². The van der Waals surface area contributed by atoms with Gasteiger partial charge in [0.15, 0.2) is 0 Å². The van der Waals surface area contributed by atoms with Gasteiger partial charge in [-0.2, -0.15) is 0 Å². The van der Waals surface area contributed by atoms with Gasteiger partial charge in [0.1, 0.15) is 0 Å². The normalized spacial score (nSPS) is 34.8. The van der Waals surface area contributed by atoms with Crippen LogP contribution in [0.2, 0.25) is 5.02 Å². The van der Waals surface area contributed by atoms with Gasteiger partial charge in [-0.3, -0.25) is 0 Å². The molecule has 5 fully saturated rings. The average Bonchev–Trinajstić information content (AvgIpc) is 2.65. The molecule has 4 nitrogen and oxygen atoms in total. The molecular weight excluding hydrogens is 358 g/mol. The van der Waals surface area contributed by atoms with Crippen molar-refractivity contribution in [1.29, 1.82) is 0 Å². The molecule has 1 saturated heterocycles. The SMILES string of the molecule is O=C(NCC12CC3CC(CC(C3)C1)C2)N1CCN(c2cccc(Cl)c2)CC1. The highest BCUT2D eigenvalue weighted by atomic mass is 35.5. The molecule has 5 heteroatoms. The lowest BCUT2D eigenvalue weighted by molar-refractivity contribution is -0.0502. The van der Waals surface area contributed by atoms with Crippen LogP contribution in [0.25, 0.3) is 0 Å². The number of hydrogen-bond donors (Lipinski definition) is 1. The molecule has 0 spiro atoms. The minimum absolute atomic E-state index is 0.136. The topological polar surface area (TPSA) is 35.6 Å². The molecule has 4 aliphatic carbocycles. The molecule has 1 aliphatic heterocycles. The molecule has 6 rings (SSSR count). The summed E-state index contributed by atoms with van der Waals surface area (Å²) >= 11 is 6.11. The van der Waals surface area contributed by atoms with Crippen molar-refractivity contribution in [2.75, 3.05) is 37.6 Å². The van der Waals surface area contributed by atoms with Crippen molar-refractivity contribution in [3.05, 3.63) is 29.3 Å². The molecule has 27 heavy (non-hydrogen) atoms. The van der Waals surface area contributed by atoms with Crippen LogP contribution < -0.4 is 10.2 Å². The van der Waals surface area contributed by atoms with E-state index in [0.29, 0.717) is 5.41 Å². The maximum absolute atomic E-state index is 12.8. The lowest BCUT2D eigenvalue weighted by Crippen LogP contribution is -2.55. The van der Waals surface area contributed by atoms with Crippen molar-refractivity contribution in [2.45, 2.75) is 38.5 Å². The summed E-state index contributed by atoms with van der Waals surface area (Å²) in [5.74, 6) is 2.82. The Hall–Kier alpha value is -1.42. The first-order chi connectivity index (χ1) is 13.1. The summed E-state index contributed by atoms with van der Waals surface area (Å²) in [6, 6.07) is 8.12. The molecule has 5 aliphatic rings. The zero-order valence-corrected chi connectivity index (χ0v) is 16.8. The molecule has 4 bridgehead atoms. The maximum Gasteiger partial charge on any atom is 0.317 e. The van der Waals surface area contributed by atoms with Gasteiger partial charge in [-0.15, -0.1) is 0 Å². The van der Waals surface area contributed by atoms with Gasteiger partial charge in [-0.25, -0.2) is 4.79 Å². The Balaban J connectivity index is 1.14. The van der Waals surface area contributed by atoms with E-state index in [0.717, 1.165) is 61.2 Å². The lowest BCUT2D eigenvalue weighted by Gasteiger charge is -2.57. The second-order valence-electron chi connectivity index (χ2n) is 9.53. The van der Waals surface area contributed by atoms with Gasteiger partial charge in [0.25, 0.3) is 0 Å². The van der Waals surface area contributed by atoms with Gasteiger partial charge in [-0.05, 0) is 79.9 Å². The van der Waals surface area contributed by atoms with Crippen molar-refractivity contribution in [2.24, 2.45) is 23.2 Å². The van der Waals surface area contributed by atoms with Gasteiger partial charge in [0.2, 0.25) is 0 Å². The number of rotatable bonds is 3. The Bertz CT molecular complexity index is 678. The highest BCUT2D eigenvalue weighted by Crippen LogP contribution is 2.59. The number of hydrogen-bond acceptors (Lipinski definition) is 2. The second kappa shape index (κ2) is 6.88. The van der Waals surface area contributed by atoms with Crippen molar-refractivity contribution in [1.82, 2.24) is 10.2 Å². The fraction of sp³-hybridized carbons (Fsp3) is 0.682. The molecule has 1 aromatic rings. The van der Waals surface area contributed by atoms with E-state index in [1.807, 2.05) is 23.1 Å². The summed E-state index contributed by atoms with van der Waals surface area (Å²) in [5.41, 5.74) is 1.56. The van der Waals surface area contributed by atoms with Crippen LogP contribution in [0.3, 0.4) is 0 Å². The van der Waals surface area contributed by atoms with Crippen LogP contribution in [0.5, 0.6) is 0 Å². The minimum atomic E-state index is 0.136. The van der Waals surface area contributed by atoms with Crippen LogP contribution in [0.1, 0.15) is 38.5 Å². The zero-order valence-electron chi connectivity index (χ0n) is 16.0. The van der Waals surface area contributed by atoms with E-state index in [-0.39, 0.29) is 6.03 Å². The van der Waals surface area contributed by atoms with E-state index < -0.39 is 0 Å². The van der Waals surface area contributed by atoms with Crippen molar-refractivity contribution in [3.8, 4) is 0 Å². The third-order valence-electron chi connectivity index (χ3n) is 7.52. The van der Waals surface area contributed by atoms with Crippen molar-refractivity contribution < 1.29 is 4.79 Å². The molecule has 0 aromatic heterocycles. The number of carbonyl (C=O) groups excluding carboxylic acids is 1. The predicted octanol–water partition coefficient (Wildman–Crippen LogP) is 4.39. The smallest absolute Gasteiger partial charge is 0.317 e. The highest BCUT2D eigenvalue weighted by Gasteiger charge is 2.50. The van der Waals surface area contributed by atoms with Crippen molar-refractivity contribution in [3.63, 3.8) is 0 Å². The van der Waals surface area contributed by atoms with E-state index >= 15 is 0 Å². The van der Waals surface area contributed by atoms with Crippen molar-refractivity contribution >= 4 is 23.3 Å². The van der Waals surface area contributed by atoms with E-state index in [2.05, 4.69) is 16.3 Å². The lowest BCUT2D eigenvalue weighted by atomic mass is 9.49. The predicted molar refractivity (Wildman–Crippen MR) is 109 cm³/mol. The molecule has 146 valence electrons. The number of piperazine rings is 1. The third kappa shape index (κ3) is 3.53. The van der Waals surface area contributed by atoms with Crippen LogP contribution in [0.4, 0.5) is 10.5 Å². The van der Waals surface area contributed by atoms with Crippen LogP contribution in [-0.4, -0.2) is 43.7 Å².